The van der Waals surface area contributed by atoms with E-state index in [1.807, 2.05) is 12.2 Å². The summed E-state index contributed by atoms with van der Waals surface area (Å²) in [7, 11) is 0. The molecule has 0 saturated heterocycles. The Kier molecular flexibility index (Phi) is 27.2. The van der Waals surface area contributed by atoms with Crippen LogP contribution in [0.1, 0.15) is 149 Å². The van der Waals surface area contributed by atoms with Gasteiger partial charge in [-0.1, -0.05) is 116 Å². The fourth-order valence-electron chi connectivity index (χ4n) is 4.28. The molecule has 40 heavy (non-hydrogen) atoms. The maximum absolute atomic E-state index is 11.9. The van der Waals surface area contributed by atoms with E-state index in [1.165, 1.54) is 51.4 Å². The number of carbonyl (C=O) groups excluding carboxylic acids is 3. The number of ether oxygens (including phenoxy) is 2. The van der Waals surface area contributed by atoms with Crippen LogP contribution in [0.5, 0.6) is 0 Å². The van der Waals surface area contributed by atoms with E-state index < -0.39 is 6.10 Å². The maximum Gasteiger partial charge on any atom is 0.305 e. The third-order valence-electron chi connectivity index (χ3n) is 7.21. The SMILES string of the molecule is CCCCC/C=C\C=C\C(=O)CCCCCCCC(=O)OC[C@H](O)COC(=O)CCCCCCCCC(C)CC. The molecular weight excluding hydrogens is 504 g/mol. The van der Waals surface area contributed by atoms with Crippen molar-refractivity contribution in [2.75, 3.05) is 13.2 Å². The molecule has 2 atom stereocenters. The quantitative estimate of drug-likeness (QED) is 0.0443. The second-order valence-corrected chi connectivity index (χ2v) is 11.2. The Hall–Kier alpha value is -1.95. The molecule has 0 fully saturated rings. The number of ketones is 1. The molecular formula is C34H60O6. The Bertz CT molecular complexity index is 684. The molecule has 232 valence electrons. The van der Waals surface area contributed by atoms with E-state index in [-0.39, 0.29) is 30.9 Å². The number of allylic oxidation sites excluding steroid dienone is 4. The van der Waals surface area contributed by atoms with E-state index in [0.717, 1.165) is 63.7 Å². The highest BCUT2D eigenvalue weighted by Gasteiger charge is 2.12. The maximum atomic E-state index is 11.9. The smallest absolute Gasteiger partial charge is 0.305 e. The molecule has 0 aliphatic rings. The third-order valence-corrected chi connectivity index (χ3v) is 7.21. The van der Waals surface area contributed by atoms with Crippen LogP contribution in [0, 0.1) is 5.92 Å². The van der Waals surface area contributed by atoms with Crippen molar-refractivity contribution in [3.63, 3.8) is 0 Å². The lowest BCUT2D eigenvalue weighted by Gasteiger charge is -2.12. The normalized spacial score (nSPS) is 13.1. The van der Waals surface area contributed by atoms with Crippen molar-refractivity contribution in [2.45, 2.75) is 155 Å². The van der Waals surface area contributed by atoms with Crippen LogP contribution in [0.3, 0.4) is 0 Å². The van der Waals surface area contributed by atoms with Gasteiger partial charge in [0.15, 0.2) is 5.78 Å². The minimum atomic E-state index is -0.999. The van der Waals surface area contributed by atoms with Gasteiger partial charge in [0.2, 0.25) is 0 Å². The highest BCUT2D eigenvalue weighted by atomic mass is 16.6. The summed E-state index contributed by atoms with van der Waals surface area (Å²) in [5.74, 6) is 0.315. The van der Waals surface area contributed by atoms with Crippen molar-refractivity contribution in [3.8, 4) is 0 Å². The number of hydrogen-bond donors (Lipinski definition) is 1. The lowest BCUT2D eigenvalue weighted by atomic mass is 10.00. The van der Waals surface area contributed by atoms with Crippen LogP contribution in [-0.4, -0.2) is 42.1 Å². The summed E-state index contributed by atoms with van der Waals surface area (Å²) in [6.45, 7) is 6.42. The Labute approximate surface area is 245 Å². The predicted molar refractivity (Wildman–Crippen MR) is 164 cm³/mol. The number of unbranched alkanes of at least 4 members (excludes halogenated alkanes) is 12. The van der Waals surface area contributed by atoms with Crippen molar-refractivity contribution < 1.29 is 29.0 Å². The van der Waals surface area contributed by atoms with Crippen molar-refractivity contribution in [1.29, 1.82) is 0 Å². The molecule has 0 aromatic rings. The van der Waals surface area contributed by atoms with Gasteiger partial charge in [0.05, 0.1) is 0 Å². The second kappa shape index (κ2) is 28.6. The summed E-state index contributed by atoms with van der Waals surface area (Å²) in [5.41, 5.74) is 0. The van der Waals surface area contributed by atoms with E-state index in [1.54, 1.807) is 6.08 Å². The number of carbonyl (C=O) groups is 3. The zero-order valence-corrected chi connectivity index (χ0v) is 26.0. The van der Waals surface area contributed by atoms with Crippen molar-refractivity contribution in [1.82, 2.24) is 0 Å². The summed E-state index contributed by atoms with van der Waals surface area (Å²) >= 11 is 0. The predicted octanol–water partition coefficient (Wildman–Crippen LogP) is 8.59. The molecule has 0 aliphatic carbocycles. The summed E-state index contributed by atoms with van der Waals surface area (Å²) in [6, 6.07) is 0. The summed E-state index contributed by atoms with van der Waals surface area (Å²) in [5, 5.41) is 9.93. The number of aliphatic hydroxyl groups excluding tert-OH is 1. The monoisotopic (exact) mass is 564 g/mol. The molecule has 0 aliphatic heterocycles. The first-order chi connectivity index (χ1) is 19.4. The van der Waals surface area contributed by atoms with Gasteiger partial charge in [-0.15, -0.1) is 0 Å². The molecule has 0 bridgehead atoms. The third kappa shape index (κ3) is 27.6. The van der Waals surface area contributed by atoms with Gasteiger partial charge in [-0.05, 0) is 44.1 Å². The van der Waals surface area contributed by atoms with Crippen LogP contribution in [0.15, 0.2) is 24.3 Å². The van der Waals surface area contributed by atoms with Gasteiger partial charge < -0.3 is 14.6 Å². The summed E-state index contributed by atoms with van der Waals surface area (Å²) in [4.78, 5) is 35.6. The number of aliphatic hydroxyl groups is 1. The largest absolute Gasteiger partial charge is 0.463 e. The number of hydrogen-bond acceptors (Lipinski definition) is 6. The van der Waals surface area contributed by atoms with E-state index in [0.29, 0.717) is 19.3 Å². The molecule has 6 nitrogen and oxygen atoms in total. The molecule has 0 amide bonds. The van der Waals surface area contributed by atoms with Gasteiger partial charge in [0.1, 0.15) is 19.3 Å². The van der Waals surface area contributed by atoms with Crippen LogP contribution in [0.2, 0.25) is 0 Å². The van der Waals surface area contributed by atoms with Gasteiger partial charge in [0.25, 0.3) is 0 Å². The van der Waals surface area contributed by atoms with Crippen molar-refractivity contribution in [3.05, 3.63) is 24.3 Å². The molecule has 0 saturated carbocycles. The topological polar surface area (TPSA) is 89.9 Å². The van der Waals surface area contributed by atoms with E-state index in [4.69, 9.17) is 9.47 Å². The number of rotatable bonds is 28. The van der Waals surface area contributed by atoms with Crippen LogP contribution >= 0.6 is 0 Å². The second-order valence-electron chi connectivity index (χ2n) is 11.2. The van der Waals surface area contributed by atoms with Crippen LogP contribution in [-0.2, 0) is 23.9 Å². The Balaban J connectivity index is 3.58. The van der Waals surface area contributed by atoms with Crippen molar-refractivity contribution >= 4 is 17.7 Å². The fraction of sp³-hybridized carbons (Fsp3) is 0.794. The lowest BCUT2D eigenvalue weighted by molar-refractivity contribution is -0.152. The Morgan fingerprint density at radius 3 is 1.75 bits per heavy atom. The van der Waals surface area contributed by atoms with Crippen LogP contribution in [0.4, 0.5) is 0 Å². The van der Waals surface area contributed by atoms with E-state index >= 15 is 0 Å². The summed E-state index contributed by atoms with van der Waals surface area (Å²) in [6.07, 6.45) is 26.2. The molecule has 0 heterocycles. The molecule has 0 radical (unpaired) electrons. The first-order valence-corrected chi connectivity index (χ1v) is 16.2. The lowest BCUT2D eigenvalue weighted by Crippen LogP contribution is -2.25. The van der Waals surface area contributed by atoms with Gasteiger partial charge >= 0.3 is 11.9 Å². The molecule has 1 unspecified atom stereocenters. The van der Waals surface area contributed by atoms with Crippen LogP contribution < -0.4 is 0 Å². The molecule has 1 N–H and O–H groups in total. The van der Waals surface area contributed by atoms with Gasteiger partial charge in [-0.25, -0.2) is 0 Å². The summed E-state index contributed by atoms with van der Waals surface area (Å²) < 4.78 is 10.2. The first kappa shape index (κ1) is 38.0. The zero-order valence-electron chi connectivity index (χ0n) is 26.0. The van der Waals surface area contributed by atoms with Gasteiger partial charge in [-0.2, -0.15) is 0 Å². The van der Waals surface area contributed by atoms with E-state index in [9.17, 15) is 19.5 Å². The molecule has 0 spiro atoms. The average Bonchev–Trinajstić information content (AvgIpc) is 2.95. The van der Waals surface area contributed by atoms with Gasteiger partial charge in [-0.3, -0.25) is 14.4 Å². The molecule has 0 rings (SSSR count). The molecule has 0 aromatic carbocycles. The molecule has 6 heteroatoms. The Morgan fingerprint density at radius 2 is 1.20 bits per heavy atom. The van der Waals surface area contributed by atoms with Gasteiger partial charge in [0, 0.05) is 19.3 Å². The zero-order chi connectivity index (χ0) is 29.7. The standard InChI is InChI=1S/C34H60O6/c1-4-6-7-8-9-14-19-24-31(35)25-20-15-12-17-22-27-34(38)40-29-32(36)28-39-33(37)26-21-16-11-10-13-18-23-30(3)5-2/h9,14,19,24,30,32,36H,4-8,10-13,15-18,20-23,25-29H2,1-3H3/b14-9-,24-19+/t30?,32-/m1/s1. The Morgan fingerprint density at radius 1 is 0.675 bits per heavy atom. The van der Waals surface area contributed by atoms with E-state index in [2.05, 4.69) is 26.8 Å². The highest BCUT2D eigenvalue weighted by molar-refractivity contribution is 5.89. The fourth-order valence-corrected chi connectivity index (χ4v) is 4.28. The minimum Gasteiger partial charge on any atom is -0.463 e. The average molecular weight is 565 g/mol. The molecule has 0 aromatic heterocycles. The number of esters is 2. The first-order valence-electron chi connectivity index (χ1n) is 16.2. The minimum absolute atomic E-state index is 0.148. The van der Waals surface area contributed by atoms with Crippen LogP contribution in [0.25, 0.3) is 0 Å². The van der Waals surface area contributed by atoms with Crippen molar-refractivity contribution in [2.24, 2.45) is 5.92 Å². The highest BCUT2D eigenvalue weighted by Crippen LogP contribution is 2.14.